The number of carbonyl (C=O) groups is 2. The van der Waals surface area contributed by atoms with Crippen LogP contribution >= 0.6 is 11.6 Å². The van der Waals surface area contributed by atoms with Crippen molar-refractivity contribution in [2.24, 2.45) is 0 Å². The molecule has 0 radical (unpaired) electrons. The molecule has 0 aliphatic carbocycles. The molecule has 2 aromatic rings. The molecular formula is C30H37ClN4O2. The Morgan fingerprint density at radius 2 is 1.70 bits per heavy atom. The van der Waals surface area contributed by atoms with Gasteiger partial charge in [0.15, 0.2) is 0 Å². The van der Waals surface area contributed by atoms with Crippen LogP contribution in [0.25, 0.3) is 5.57 Å². The molecule has 3 aliphatic heterocycles. The van der Waals surface area contributed by atoms with E-state index in [4.69, 9.17) is 11.6 Å². The molecule has 1 N–H and O–H groups in total. The van der Waals surface area contributed by atoms with E-state index in [1.165, 1.54) is 32.4 Å². The van der Waals surface area contributed by atoms with Crippen LogP contribution in [0.1, 0.15) is 66.1 Å². The Morgan fingerprint density at radius 1 is 0.973 bits per heavy atom. The molecule has 1 unspecified atom stereocenters. The lowest BCUT2D eigenvalue weighted by atomic mass is 9.91. The number of carbonyl (C=O) groups excluding carboxylic acids is 2. The fourth-order valence-electron chi connectivity index (χ4n) is 6.11. The van der Waals surface area contributed by atoms with Crippen molar-refractivity contribution in [3.8, 4) is 0 Å². The maximum absolute atomic E-state index is 13.2. The highest BCUT2D eigenvalue weighted by Crippen LogP contribution is 2.36. The minimum Gasteiger partial charge on any atom is -0.388 e. The third kappa shape index (κ3) is 5.70. The highest BCUT2D eigenvalue weighted by Gasteiger charge is 2.29. The summed E-state index contributed by atoms with van der Waals surface area (Å²) in [5.74, 6) is 0.105. The average molecular weight is 521 g/mol. The minimum atomic E-state index is -0.186. The van der Waals surface area contributed by atoms with E-state index in [0.29, 0.717) is 23.2 Å². The van der Waals surface area contributed by atoms with Gasteiger partial charge in [-0.25, -0.2) is 0 Å². The maximum atomic E-state index is 13.2. The SMILES string of the molecule is CNc1ccc(Cl)cc1C1=CC(c2ccc(C(=O)N3CCC(N4CCCCC4)CC3)cc2)N(C=O)CC1. The number of benzene rings is 2. The summed E-state index contributed by atoms with van der Waals surface area (Å²) >= 11 is 6.30. The summed E-state index contributed by atoms with van der Waals surface area (Å²) < 4.78 is 0. The van der Waals surface area contributed by atoms with Crippen LogP contribution < -0.4 is 5.32 Å². The van der Waals surface area contributed by atoms with E-state index in [1.807, 2.05) is 59.3 Å². The molecule has 0 aromatic heterocycles. The van der Waals surface area contributed by atoms with Gasteiger partial charge < -0.3 is 20.0 Å². The number of anilines is 1. The van der Waals surface area contributed by atoms with E-state index in [-0.39, 0.29) is 11.9 Å². The Balaban J connectivity index is 1.29. The van der Waals surface area contributed by atoms with Gasteiger partial charge in [0, 0.05) is 54.6 Å². The molecule has 37 heavy (non-hydrogen) atoms. The predicted octanol–water partition coefficient (Wildman–Crippen LogP) is 5.46. The molecule has 2 amide bonds. The quantitative estimate of drug-likeness (QED) is 0.514. The molecule has 3 heterocycles. The Labute approximate surface area is 225 Å². The predicted molar refractivity (Wildman–Crippen MR) is 150 cm³/mol. The fraction of sp³-hybridized carbons (Fsp3) is 0.467. The van der Waals surface area contributed by atoms with Crippen molar-refractivity contribution in [1.29, 1.82) is 0 Å². The van der Waals surface area contributed by atoms with Crippen molar-refractivity contribution < 1.29 is 9.59 Å². The van der Waals surface area contributed by atoms with Crippen LogP contribution in [0.4, 0.5) is 5.69 Å². The molecule has 2 fully saturated rings. The Kier molecular flexibility index (Phi) is 8.16. The minimum absolute atomic E-state index is 0.105. The van der Waals surface area contributed by atoms with Crippen LogP contribution in [0.2, 0.25) is 5.02 Å². The van der Waals surface area contributed by atoms with Gasteiger partial charge in [-0.2, -0.15) is 0 Å². The first kappa shape index (κ1) is 25.8. The Hall–Kier alpha value is -2.83. The Morgan fingerprint density at radius 3 is 2.38 bits per heavy atom. The molecule has 0 spiro atoms. The normalized spacial score (nSPS) is 21.5. The first-order valence-electron chi connectivity index (χ1n) is 13.6. The Bertz CT molecular complexity index is 1130. The number of nitrogens with zero attached hydrogens (tertiary/aromatic N) is 3. The second-order valence-electron chi connectivity index (χ2n) is 10.4. The van der Waals surface area contributed by atoms with E-state index in [2.05, 4.69) is 16.3 Å². The van der Waals surface area contributed by atoms with Gasteiger partial charge >= 0.3 is 0 Å². The molecular weight excluding hydrogens is 484 g/mol. The van der Waals surface area contributed by atoms with E-state index < -0.39 is 0 Å². The molecule has 0 saturated carbocycles. The molecule has 7 heteroatoms. The van der Waals surface area contributed by atoms with Gasteiger partial charge in [-0.15, -0.1) is 0 Å². The summed E-state index contributed by atoms with van der Waals surface area (Å²) in [6.45, 7) is 4.69. The molecule has 2 aromatic carbocycles. The largest absolute Gasteiger partial charge is 0.388 e. The molecule has 196 valence electrons. The monoisotopic (exact) mass is 520 g/mol. The van der Waals surface area contributed by atoms with E-state index in [1.54, 1.807) is 0 Å². The summed E-state index contributed by atoms with van der Waals surface area (Å²) in [6, 6.07) is 14.1. The summed E-state index contributed by atoms with van der Waals surface area (Å²) in [4.78, 5) is 31.6. The van der Waals surface area contributed by atoms with Gasteiger partial charge in [-0.3, -0.25) is 9.59 Å². The number of likely N-dealkylation sites (tertiary alicyclic amines) is 2. The van der Waals surface area contributed by atoms with Crippen LogP contribution in [0.3, 0.4) is 0 Å². The van der Waals surface area contributed by atoms with Crippen LogP contribution in [0.15, 0.2) is 48.5 Å². The first-order valence-corrected chi connectivity index (χ1v) is 14.0. The van der Waals surface area contributed by atoms with Crippen molar-refractivity contribution in [3.05, 3.63) is 70.3 Å². The molecule has 0 bridgehead atoms. The lowest BCUT2D eigenvalue weighted by molar-refractivity contribution is -0.119. The van der Waals surface area contributed by atoms with Crippen LogP contribution in [-0.4, -0.2) is 72.8 Å². The van der Waals surface area contributed by atoms with E-state index in [0.717, 1.165) is 61.1 Å². The van der Waals surface area contributed by atoms with Crippen molar-refractivity contribution in [1.82, 2.24) is 14.7 Å². The van der Waals surface area contributed by atoms with E-state index >= 15 is 0 Å². The highest BCUT2D eigenvalue weighted by atomic mass is 35.5. The zero-order valence-corrected chi connectivity index (χ0v) is 22.4. The fourth-order valence-corrected chi connectivity index (χ4v) is 6.28. The first-order chi connectivity index (χ1) is 18.1. The summed E-state index contributed by atoms with van der Waals surface area (Å²) in [6.07, 6.45) is 9.91. The van der Waals surface area contributed by atoms with Gasteiger partial charge in [0.1, 0.15) is 0 Å². The van der Waals surface area contributed by atoms with Gasteiger partial charge in [0.2, 0.25) is 6.41 Å². The number of nitrogens with one attached hydrogen (secondary N) is 1. The summed E-state index contributed by atoms with van der Waals surface area (Å²) in [5.41, 5.74) is 4.94. The molecule has 3 aliphatic rings. The lowest BCUT2D eigenvalue weighted by Crippen LogP contribution is -2.48. The van der Waals surface area contributed by atoms with Gasteiger partial charge in [-0.1, -0.05) is 36.2 Å². The number of amides is 2. The topological polar surface area (TPSA) is 55.9 Å². The van der Waals surface area contributed by atoms with Crippen molar-refractivity contribution in [3.63, 3.8) is 0 Å². The van der Waals surface area contributed by atoms with Crippen LogP contribution in [0, 0.1) is 0 Å². The number of piperidine rings is 2. The van der Waals surface area contributed by atoms with Crippen LogP contribution in [-0.2, 0) is 4.79 Å². The number of halogens is 1. The van der Waals surface area contributed by atoms with Gasteiger partial charge in [0.05, 0.1) is 6.04 Å². The second-order valence-corrected chi connectivity index (χ2v) is 10.8. The lowest BCUT2D eigenvalue weighted by Gasteiger charge is -2.40. The molecule has 5 rings (SSSR count). The third-order valence-corrected chi connectivity index (χ3v) is 8.48. The highest BCUT2D eigenvalue weighted by molar-refractivity contribution is 6.30. The summed E-state index contributed by atoms with van der Waals surface area (Å²) in [5, 5.41) is 3.93. The van der Waals surface area contributed by atoms with Crippen LogP contribution in [0.5, 0.6) is 0 Å². The smallest absolute Gasteiger partial charge is 0.253 e. The van der Waals surface area contributed by atoms with Crippen molar-refractivity contribution >= 4 is 35.2 Å². The average Bonchev–Trinajstić information content (AvgIpc) is 2.97. The van der Waals surface area contributed by atoms with Crippen molar-refractivity contribution in [2.75, 3.05) is 45.1 Å². The molecule has 6 nitrogen and oxygen atoms in total. The van der Waals surface area contributed by atoms with Crippen molar-refractivity contribution in [2.45, 2.75) is 50.6 Å². The second kappa shape index (κ2) is 11.7. The zero-order valence-electron chi connectivity index (χ0n) is 21.7. The molecule has 1 atom stereocenters. The van der Waals surface area contributed by atoms with E-state index in [9.17, 15) is 9.59 Å². The zero-order chi connectivity index (χ0) is 25.8. The number of rotatable bonds is 6. The standard InChI is InChI=1S/C30H37ClN4O2/c1-32-28-10-9-25(31)20-27(28)24-11-16-35(21-36)29(19-24)22-5-7-23(8-6-22)30(37)34-17-12-26(13-18-34)33-14-3-2-4-15-33/h5-10,19-21,26,29,32H,2-4,11-18H2,1H3. The van der Waals surface area contributed by atoms with Gasteiger partial charge in [0.25, 0.3) is 5.91 Å². The third-order valence-electron chi connectivity index (χ3n) is 8.25. The molecule has 2 saturated heterocycles. The maximum Gasteiger partial charge on any atom is 0.253 e. The number of hydrogen-bond donors (Lipinski definition) is 1. The van der Waals surface area contributed by atoms with Gasteiger partial charge in [-0.05, 0) is 86.7 Å². The number of hydrogen-bond acceptors (Lipinski definition) is 4. The summed E-state index contributed by atoms with van der Waals surface area (Å²) in [7, 11) is 1.90.